The second kappa shape index (κ2) is 5.86. The third-order valence-corrected chi connectivity index (χ3v) is 3.92. The lowest BCUT2D eigenvalue weighted by Gasteiger charge is -2.20. The van der Waals surface area contributed by atoms with E-state index >= 15 is 0 Å². The fourth-order valence-electron chi connectivity index (χ4n) is 2.20. The van der Waals surface area contributed by atoms with Gasteiger partial charge in [-0.25, -0.2) is 15.2 Å². The number of nitrogens with zero attached hydrogens (tertiary/aromatic N) is 3. The summed E-state index contributed by atoms with van der Waals surface area (Å²) in [5.74, 6) is 5.90. The molecule has 0 unspecified atom stereocenters. The monoisotopic (exact) mass is 361 g/mol. The number of benzene rings is 2. The van der Waals surface area contributed by atoms with Crippen molar-refractivity contribution >= 4 is 44.3 Å². The van der Waals surface area contributed by atoms with Crippen LogP contribution in [0.3, 0.4) is 0 Å². The van der Waals surface area contributed by atoms with Crippen molar-refractivity contribution in [3.8, 4) is 0 Å². The number of aromatic nitrogens is 2. The van der Waals surface area contributed by atoms with Gasteiger partial charge < -0.3 is 4.90 Å². The molecule has 0 aliphatic heterocycles. The van der Waals surface area contributed by atoms with Crippen molar-refractivity contribution in [1.82, 2.24) is 9.97 Å². The van der Waals surface area contributed by atoms with E-state index in [1.807, 2.05) is 42.3 Å². The second-order valence-corrected chi connectivity index (χ2v) is 5.55. The van der Waals surface area contributed by atoms with Crippen LogP contribution in [0.1, 0.15) is 0 Å². The molecule has 0 amide bonds. The molecule has 0 aliphatic carbocycles. The highest BCUT2D eigenvalue weighted by atomic mass is 79.9. The molecule has 0 bridgehead atoms. The SMILES string of the molecule is CN(c1ccccc1)c1nc(NN)nc2cc(Br)c(F)cc12. The zero-order valence-electron chi connectivity index (χ0n) is 11.7. The third kappa shape index (κ3) is 2.60. The van der Waals surface area contributed by atoms with Crippen LogP contribution in [-0.2, 0) is 0 Å². The van der Waals surface area contributed by atoms with Gasteiger partial charge in [0, 0.05) is 18.1 Å². The maximum atomic E-state index is 13.9. The Labute approximate surface area is 135 Å². The molecule has 0 aliphatic rings. The molecule has 2 aromatic carbocycles. The summed E-state index contributed by atoms with van der Waals surface area (Å²) < 4.78 is 14.3. The highest BCUT2D eigenvalue weighted by Gasteiger charge is 2.15. The van der Waals surface area contributed by atoms with Crippen LogP contribution in [0.2, 0.25) is 0 Å². The highest BCUT2D eigenvalue weighted by Crippen LogP contribution is 2.32. The molecule has 1 aromatic heterocycles. The van der Waals surface area contributed by atoms with Gasteiger partial charge in [-0.2, -0.15) is 4.98 Å². The molecule has 3 N–H and O–H groups in total. The van der Waals surface area contributed by atoms with Crippen LogP contribution in [0.4, 0.5) is 21.8 Å². The van der Waals surface area contributed by atoms with Gasteiger partial charge >= 0.3 is 0 Å². The summed E-state index contributed by atoms with van der Waals surface area (Å²) in [4.78, 5) is 10.5. The zero-order valence-corrected chi connectivity index (χ0v) is 13.3. The smallest absolute Gasteiger partial charge is 0.239 e. The molecular weight excluding hydrogens is 349 g/mol. The molecule has 22 heavy (non-hydrogen) atoms. The van der Waals surface area contributed by atoms with Crippen LogP contribution >= 0.6 is 15.9 Å². The Bertz CT molecular complexity index is 825. The van der Waals surface area contributed by atoms with E-state index in [4.69, 9.17) is 5.84 Å². The van der Waals surface area contributed by atoms with Gasteiger partial charge in [0.1, 0.15) is 11.6 Å². The van der Waals surface area contributed by atoms with Gasteiger partial charge in [-0.1, -0.05) is 18.2 Å². The molecule has 5 nitrogen and oxygen atoms in total. The van der Waals surface area contributed by atoms with E-state index in [1.54, 1.807) is 6.07 Å². The van der Waals surface area contributed by atoms with Crippen molar-refractivity contribution in [2.24, 2.45) is 5.84 Å². The average molecular weight is 362 g/mol. The average Bonchev–Trinajstić information content (AvgIpc) is 2.55. The summed E-state index contributed by atoms with van der Waals surface area (Å²) in [6, 6.07) is 12.7. The normalized spacial score (nSPS) is 10.7. The summed E-state index contributed by atoms with van der Waals surface area (Å²) in [6.07, 6.45) is 0. The largest absolute Gasteiger partial charge is 0.329 e. The number of nitrogen functional groups attached to an aromatic ring is 1. The summed E-state index contributed by atoms with van der Waals surface area (Å²) in [7, 11) is 1.86. The molecule has 7 heteroatoms. The van der Waals surface area contributed by atoms with E-state index in [9.17, 15) is 4.39 Å². The number of halogens is 2. The van der Waals surface area contributed by atoms with Gasteiger partial charge in [0.2, 0.25) is 5.95 Å². The van der Waals surface area contributed by atoms with Gasteiger partial charge in [-0.05, 0) is 40.2 Å². The number of hydrazine groups is 1. The Hall–Kier alpha value is -2.25. The fourth-order valence-corrected chi connectivity index (χ4v) is 2.53. The first-order chi connectivity index (χ1) is 10.6. The summed E-state index contributed by atoms with van der Waals surface area (Å²) >= 11 is 3.17. The Morgan fingerprint density at radius 3 is 2.59 bits per heavy atom. The van der Waals surface area contributed by atoms with Gasteiger partial charge in [-0.3, -0.25) is 5.43 Å². The van der Waals surface area contributed by atoms with E-state index in [0.29, 0.717) is 21.2 Å². The first-order valence-electron chi connectivity index (χ1n) is 6.52. The van der Waals surface area contributed by atoms with Crippen LogP contribution in [-0.4, -0.2) is 17.0 Å². The summed E-state index contributed by atoms with van der Waals surface area (Å²) in [6.45, 7) is 0. The second-order valence-electron chi connectivity index (χ2n) is 4.69. The topological polar surface area (TPSA) is 67.1 Å². The first kappa shape index (κ1) is 14.7. The van der Waals surface area contributed by atoms with E-state index in [1.165, 1.54) is 6.07 Å². The highest BCUT2D eigenvalue weighted by molar-refractivity contribution is 9.10. The fraction of sp³-hybridized carbons (Fsp3) is 0.0667. The molecule has 1 heterocycles. The van der Waals surface area contributed by atoms with E-state index < -0.39 is 0 Å². The number of para-hydroxylation sites is 1. The maximum Gasteiger partial charge on any atom is 0.239 e. The van der Waals surface area contributed by atoms with Crippen LogP contribution < -0.4 is 16.2 Å². The predicted octanol–water partition coefficient (Wildman–Crippen LogP) is 3.58. The molecule has 0 spiro atoms. The quantitative estimate of drug-likeness (QED) is 0.551. The van der Waals surface area contributed by atoms with Gasteiger partial charge in [0.15, 0.2) is 0 Å². The Balaban J connectivity index is 2.25. The number of hydrogen-bond donors (Lipinski definition) is 2. The molecule has 3 aromatic rings. The molecule has 0 saturated heterocycles. The molecule has 0 radical (unpaired) electrons. The Morgan fingerprint density at radius 1 is 1.18 bits per heavy atom. The van der Waals surface area contributed by atoms with Crippen LogP contribution in [0.15, 0.2) is 46.9 Å². The molecule has 3 rings (SSSR count). The third-order valence-electron chi connectivity index (χ3n) is 3.31. The van der Waals surface area contributed by atoms with E-state index in [-0.39, 0.29) is 11.8 Å². The van der Waals surface area contributed by atoms with Gasteiger partial charge in [-0.15, -0.1) is 0 Å². The number of nitrogens with one attached hydrogen (secondary N) is 1. The van der Waals surface area contributed by atoms with E-state index in [0.717, 1.165) is 5.69 Å². The number of rotatable bonds is 3. The lowest BCUT2D eigenvalue weighted by molar-refractivity contribution is 0.623. The number of anilines is 3. The number of nitrogens with two attached hydrogens (primary N) is 1. The van der Waals surface area contributed by atoms with Crippen LogP contribution in [0, 0.1) is 5.82 Å². The lowest BCUT2D eigenvalue weighted by Crippen LogP contribution is -2.16. The maximum absolute atomic E-state index is 13.9. The van der Waals surface area contributed by atoms with Gasteiger partial charge in [0.25, 0.3) is 0 Å². The zero-order chi connectivity index (χ0) is 15.7. The minimum Gasteiger partial charge on any atom is -0.329 e. The minimum absolute atomic E-state index is 0.267. The van der Waals surface area contributed by atoms with Crippen molar-refractivity contribution in [1.29, 1.82) is 0 Å². The van der Waals surface area contributed by atoms with Crippen molar-refractivity contribution in [3.05, 3.63) is 52.8 Å². The molecule has 0 atom stereocenters. The lowest BCUT2D eigenvalue weighted by atomic mass is 10.2. The standard InChI is InChI=1S/C15H13BrFN5/c1-22(9-5-3-2-4-6-9)14-10-7-12(17)11(16)8-13(10)19-15(20-14)21-18/h2-8H,18H2,1H3,(H,19,20,21). The Kier molecular flexibility index (Phi) is 3.91. The van der Waals surface area contributed by atoms with Crippen LogP contribution in [0.5, 0.6) is 0 Å². The molecule has 0 saturated carbocycles. The molecular formula is C15H13BrFN5. The van der Waals surface area contributed by atoms with Crippen molar-refractivity contribution < 1.29 is 4.39 Å². The summed E-state index contributed by atoms with van der Waals surface area (Å²) in [5.41, 5.74) is 3.96. The molecule has 0 fully saturated rings. The van der Waals surface area contributed by atoms with Crippen molar-refractivity contribution in [3.63, 3.8) is 0 Å². The summed E-state index contributed by atoms with van der Waals surface area (Å²) in [5, 5.41) is 0.603. The first-order valence-corrected chi connectivity index (χ1v) is 7.31. The van der Waals surface area contributed by atoms with Crippen LogP contribution in [0.25, 0.3) is 10.9 Å². The predicted molar refractivity (Wildman–Crippen MR) is 89.5 cm³/mol. The minimum atomic E-state index is -0.368. The van der Waals surface area contributed by atoms with E-state index in [2.05, 4.69) is 31.3 Å². The number of hydrogen-bond acceptors (Lipinski definition) is 5. The molecule has 112 valence electrons. The van der Waals surface area contributed by atoms with Gasteiger partial charge in [0.05, 0.1) is 9.99 Å². The van der Waals surface area contributed by atoms with Crippen molar-refractivity contribution in [2.45, 2.75) is 0 Å². The Morgan fingerprint density at radius 2 is 1.91 bits per heavy atom. The van der Waals surface area contributed by atoms with Crippen molar-refractivity contribution in [2.75, 3.05) is 17.4 Å². The number of fused-ring (bicyclic) bond motifs is 1.